The van der Waals surface area contributed by atoms with Gasteiger partial charge >= 0.3 is 0 Å². The van der Waals surface area contributed by atoms with Gasteiger partial charge < -0.3 is 10.6 Å². The monoisotopic (exact) mass is 232 g/mol. The Kier molecular flexibility index (Phi) is 6.14. The molecule has 0 spiro atoms. The van der Waals surface area contributed by atoms with Crippen LogP contribution in [-0.4, -0.2) is 31.1 Å². The summed E-state index contributed by atoms with van der Waals surface area (Å²) in [5, 5.41) is 17.1. The maximum Gasteiger partial charge on any atom is 0.204 e. The van der Waals surface area contributed by atoms with Gasteiger partial charge in [-0.25, -0.2) is 0 Å². The molecule has 17 heavy (non-hydrogen) atoms. The van der Waals surface area contributed by atoms with Crippen LogP contribution in [0.3, 0.4) is 0 Å². The molecule has 6 nitrogen and oxygen atoms in total. The molecule has 1 rings (SSSR count). The van der Waals surface area contributed by atoms with Crippen LogP contribution < -0.4 is 16.0 Å². The van der Waals surface area contributed by atoms with Crippen LogP contribution in [0, 0.1) is 11.5 Å². The molecule has 0 atom stereocenters. The molecule has 0 fully saturated rings. The van der Waals surface area contributed by atoms with Crippen molar-refractivity contribution < 1.29 is 0 Å². The van der Waals surface area contributed by atoms with Crippen molar-refractivity contribution in [2.24, 2.45) is 4.99 Å². The van der Waals surface area contributed by atoms with E-state index in [1.165, 1.54) is 0 Å². The first-order valence-electron chi connectivity index (χ1n) is 5.33. The molecule has 1 aromatic rings. The number of hydrogen-bond acceptors (Lipinski definition) is 4. The second-order valence-electron chi connectivity index (χ2n) is 3.23. The third kappa shape index (κ3) is 5.49. The SMILES string of the molecule is CN=C(NC#N)NCCNCc1ccccn1. The highest BCUT2D eigenvalue weighted by atomic mass is 15.2. The molecule has 0 saturated carbocycles. The van der Waals surface area contributed by atoms with Crippen molar-refractivity contribution in [2.45, 2.75) is 6.54 Å². The van der Waals surface area contributed by atoms with Crippen LogP contribution in [0.2, 0.25) is 0 Å². The molecule has 90 valence electrons. The van der Waals surface area contributed by atoms with Gasteiger partial charge in [0.1, 0.15) is 0 Å². The maximum atomic E-state index is 8.41. The Hall–Kier alpha value is -2.13. The summed E-state index contributed by atoms with van der Waals surface area (Å²) >= 11 is 0. The molecular weight excluding hydrogens is 216 g/mol. The van der Waals surface area contributed by atoms with E-state index in [1.54, 1.807) is 13.2 Å². The van der Waals surface area contributed by atoms with Gasteiger partial charge in [0, 0.05) is 32.9 Å². The van der Waals surface area contributed by atoms with Crippen molar-refractivity contribution in [3.8, 4) is 6.19 Å². The molecule has 0 unspecified atom stereocenters. The largest absolute Gasteiger partial charge is 0.354 e. The fraction of sp³-hybridized carbons (Fsp3) is 0.364. The Morgan fingerprint density at radius 1 is 1.47 bits per heavy atom. The Balaban J connectivity index is 2.11. The molecule has 0 aliphatic rings. The van der Waals surface area contributed by atoms with Gasteiger partial charge in [-0.05, 0) is 12.1 Å². The van der Waals surface area contributed by atoms with Crippen LogP contribution in [0.25, 0.3) is 0 Å². The maximum absolute atomic E-state index is 8.41. The van der Waals surface area contributed by atoms with E-state index in [2.05, 4.69) is 25.9 Å². The zero-order valence-corrected chi connectivity index (χ0v) is 9.77. The van der Waals surface area contributed by atoms with Crippen molar-refractivity contribution in [2.75, 3.05) is 20.1 Å². The van der Waals surface area contributed by atoms with Crippen LogP contribution in [0.15, 0.2) is 29.4 Å². The van der Waals surface area contributed by atoms with Crippen molar-refractivity contribution in [3.05, 3.63) is 30.1 Å². The summed E-state index contributed by atoms with van der Waals surface area (Å²) in [7, 11) is 1.62. The number of nitrogens with zero attached hydrogens (tertiary/aromatic N) is 3. The predicted octanol–water partition coefficient (Wildman–Crippen LogP) is -0.183. The van der Waals surface area contributed by atoms with Gasteiger partial charge in [-0.1, -0.05) is 6.07 Å². The summed E-state index contributed by atoms with van der Waals surface area (Å²) < 4.78 is 0. The molecular formula is C11H16N6. The number of aliphatic imine (C=N–C) groups is 1. The second-order valence-corrected chi connectivity index (χ2v) is 3.23. The van der Waals surface area contributed by atoms with E-state index in [1.807, 2.05) is 24.4 Å². The lowest BCUT2D eigenvalue weighted by Crippen LogP contribution is -2.38. The molecule has 3 N–H and O–H groups in total. The molecule has 0 amide bonds. The minimum atomic E-state index is 0.479. The third-order valence-corrected chi connectivity index (χ3v) is 2.02. The van der Waals surface area contributed by atoms with Crippen molar-refractivity contribution in [1.29, 1.82) is 5.26 Å². The third-order valence-electron chi connectivity index (χ3n) is 2.02. The first kappa shape index (κ1) is 12.9. The van der Waals surface area contributed by atoms with Crippen molar-refractivity contribution >= 4 is 5.96 Å². The average molecular weight is 232 g/mol. The first-order chi connectivity index (χ1) is 8.36. The molecule has 1 heterocycles. The van der Waals surface area contributed by atoms with Gasteiger partial charge in [0.15, 0.2) is 6.19 Å². The molecule has 0 aliphatic heterocycles. The number of rotatable bonds is 5. The molecule has 0 aromatic carbocycles. The molecule has 1 aromatic heterocycles. The summed E-state index contributed by atoms with van der Waals surface area (Å²) in [6.45, 7) is 2.18. The van der Waals surface area contributed by atoms with Crippen LogP contribution in [0.4, 0.5) is 0 Å². The average Bonchev–Trinajstić information content (AvgIpc) is 2.38. The Morgan fingerprint density at radius 3 is 3.00 bits per heavy atom. The van der Waals surface area contributed by atoms with Gasteiger partial charge in [-0.2, -0.15) is 5.26 Å². The van der Waals surface area contributed by atoms with Crippen LogP contribution in [0.5, 0.6) is 0 Å². The quantitative estimate of drug-likeness (QED) is 0.215. The summed E-state index contributed by atoms with van der Waals surface area (Å²) in [6, 6.07) is 5.82. The fourth-order valence-electron chi connectivity index (χ4n) is 1.22. The van der Waals surface area contributed by atoms with Crippen molar-refractivity contribution in [3.63, 3.8) is 0 Å². The summed E-state index contributed by atoms with van der Waals surface area (Å²) in [5.41, 5.74) is 1.01. The highest BCUT2D eigenvalue weighted by molar-refractivity contribution is 5.80. The molecule has 0 saturated heterocycles. The Labute approximate surface area is 101 Å². The normalized spacial score (nSPS) is 10.7. The van der Waals surface area contributed by atoms with Gasteiger partial charge in [0.05, 0.1) is 5.69 Å². The molecule has 0 radical (unpaired) electrons. The van der Waals surface area contributed by atoms with E-state index in [0.29, 0.717) is 12.5 Å². The van der Waals surface area contributed by atoms with E-state index >= 15 is 0 Å². The first-order valence-corrected chi connectivity index (χ1v) is 5.33. The molecule has 0 aliphatic carbocycles. The van der Waals surface area contributed by atoms with Crippen molar-refractivity contribution in [1.82, 2.24) is 20.9 Å². The lowest BCUT2D eigenvalue weighted by molar-refractivity contribution is 0.658. The number of pyridine rings is 1. The lowest BCUT2D eigenvalue weighted by atomic mass is 10.3. The van der Waals surface area contributed by atoms with Gasteiger partial charge in [-0.15, -0.1) is 0 Å². The van der Waals surface area contributed by atoms with Crippen LogP contribution in [0.1, 0.15) is 5.69 Å². The highest BCUT2D eigenvalue weighted by Crippen LogP contribution is 1.90. The number of guanidine groups is 1. The molecule has 0 bridgehead atoms. The van der Waals surface area contributed by atoms with E-state index in [-0.39, 0.29) is 0 Å². The number of hydrogen-bond donors (Lipinski definition) is 3. The van der Waals surface area contributed by atoms with E-state index in [0.717, 1.165) is 18.8 Å². The minimum Gasteiger partial charge on any atom is -0.354 e. The number of nitriles is 1. The highest BCUT2D eigenvalue weighted by Gasteiger charge is 1.95. The fourth-order valence-corrected chi connectivity index (χ4v) is 1.22. The smallest absolute Gasteiger partial charge is 0.204 e. The standard InChI is InChI=1S/C11H16N6/c1-13-11(17-9-12)16-7-6-14-8-10-4-2-3-5-15-10/h2-5,14H,6-8H2,1H3,(H2,13,16,17). The summed E-state index contributed by atoms with van der Waals surface area (Å²) in [5.74, 6) is 0.479. The predicted molar refractivity (Wildman–Crippen MR) is 66.1 cm³/mol. The Morgan fingerprint density at radius 2 is 2.35 bits per heavy atom. The van der Waals surface area contributed by atoms with Crippen LogP contribution >= 0.6 is 0 Å². The zero-order chi connectivity index (χ0) is 12.3. The van der Waals surface area contributed by atoms with Gasteiger partial charge in [0.25, 0.3) is 0 Å². The van der Waals surface area contributed by atoms with Gasteiger partial charge in [0.2, 0.25) is 5.96 Å². The topological polar surface area (TPSA) is 85.1 Å². The lowest BCUT2D eigenvalue weighted by Gasteiger charge is -2.07. The molecule has 6 heteroatoms. The van der Waals surface area contributed by atoms with E-state index in [9.17, 15) is 0 Å². The van der Waals surface area contributed by atoms with Gasteiger partial charge in [-0.3, -0.25) is 15.3 Å². The Bertz CT molecular complexity index is 381. The zero-order valence-electron chi connectivity index (χ0n) is 9.77. The number of nitrogens with one attached hydrogen (secondary N) is 3. The van der Waals surface area contributed by atoms with Crippen LogP contribution in [-0.2, 0) is 6.54 Å². The second kappa shape index (κ2) is 8.07. The minimum absolute atomic E-state index is 0.479. The van der Waals surface area contributed by atoms with E-state index in [4.69, 9.17) is 5.26 Å². The number of aromatic nitrogens is 1. The van der Waals surface area contributed by atoms with E-state index < -0.39 is 0 Å². The summed E-state index contributed by atoms with van der Waals surface area (Å²) in [6.07, 6.45) is 3.58. The summed E-state index contributed by atoms with van der Waals surface area (Å²) in [4.78, 5) is 8.06.